The molecule has 1 heterocycles. The van der Waals surface area contributed by atoms with E-state index in [0.717, 1.165) is 37.9 Å². The molecule has 2 aliphatic rings. The Kier molecular flexibility index (Phi) is 3.40. The Morgan fingerprint density at radius 3 is 2.45 bits per heavy atom. The maximum absolute atomic E-state index is 11.0. The third-order valence-corrected chi connectivity index (χ3v) is 4.08. The molecule has 1 aromatic carbocycles. The minimum atomic E-state index is -0.515. The summed E-state index contributed by atoms with van der Waals surface area (Å²) in [4.78, 5) is 26.0. The van der Waals surface area contributed by atoms with Crippen molar-refractivity contribution in [3.05, 3.63) is 33.9 Å². The molecule has 0 bridgehead atoms. The molecule has 0 N–H and O–H groups in total. The second-order valence-corrected chi connectivity index (χ2v) is 5.37. The van der Waals surface area contributed by atoms with Gasteiger partial charge in [0.25, 0.3) is 5.69 Å². The van der Waals surface area contributed by atoms with Crippen LogP contribution in [0.3, 0.4) is 0 Å². The highest BCUT2D eigenvalue weighted by Gasteiger charge is 2.31. The normalized spacial score (nSPS) is 19.9. The monoisotopic (exact) mass is 275 g/mol. The summed E-state index contributed by atoms with van der Waals surface area (Å²) in [5, 5.41) is 10.8. The number of carbonyl (C=O) groups is 1. The van der Waals surface area contributed by atoms with Gasteiger partial charge < -0.3 is 4.90 Å². The summed E-state index contributed by atoms with van der Waals surface area (Å²) in [6.45, 7) is 3.87. The van der Waals surface area contributed by atoms with E-state index in [1.165, 1.54) is 18.9 Å². The summed E-state index contributed by atoms with van der Waals surface area (Å²) in [7, 11) is 0. The Morgan fingerprint density at radius 1 is 1.20 bits per heavy atom. The first-order chi connectivity index (χ1) is 9.69. The Morgan fingerprint density at radius 2 is 1.90 bits per heavy atom. The van der Waals surface area contributed by atoms with Gasteiger partial charge in [0.1, 0.15) is 0 Å². The molecule has 106 valence electrons. The Bertz CT molecular complexity index is 534. The summed E-state index contributed by atoms with van der Waals surface area (Å²) in [6, 6.07) is 5.56. The van der Waals surface area contributed by atoms with Crippen LogP contribution in [0.25, 0.3) is 0 Å². The summed E-state index contributed by atoms with van der Waals surface area (Å²) < 4.78 is 0. The number of nitro benzene ring substituents is 1. The summed E-state index contributed by atoms with van der Waals surface area (Å²) in [6.07, 6.45) is 3.18. The minimum absolute atomic E-state index is 0.125. The quantitative estimate of drug-likeness (QED) is 0.475. The van der Waals surface area contributed by atoms with Crippen molar-refractivity contribution >= 4 is 17.7 Å². The predicted molar refractivity (Wildman–Crippen MR) is 75.3 cm³/mol. The lowest BCUT2D eigenvalue weighted by molar-refractivity contribution is -0.385. The van der Waals surface area contributed by atoms with Gasteiger partial charge in [-0.05, 0) is 25.0 Å². The molecule has 1 saturated carbocycles. The van der Waals surface area contributed by atoms with Gasteiger partial charge in [0.15, 0.2) is 6.29 Å². The second kappa shape index (κ2) is 5.20. The van der Waals surface area contributed by atoms with Crippen LogP contribution in [0.1, 0.15) is 23.2 Å². The average Bonchev–Trinajstić information content (AvgIpc) is 3.31. The Hall–Kier alpha value is -1.95. The van der Waals surface area contributed by atoms with Crippen molar-refractivity contribution in [2.75, 3.05) is 31.1 Å². The Labute approximate surface area is 117 Å². The summed E-state index contributed by atoms with van der Waals surface area (Å²) >= 11 is 0. The second-order valence-electron chi connectivity index (χ2n) is 5.37. The molecule has 1 aliphatic carbocycles. The van der Waals surface area contributed by atoms with E-state index in [1.807, 2.05) is 0 Å². The average molecular weight is 275 g/mol. The van der Waals surface area contributed by atoms with Gasteiger partial charge in [-0.1, -0.05) is 0 Å². The minimum Gasteiger partial charge on any atom is -0.369 e. The topological polar surface area (TPSA) is 66.7 Å². The predicted octanol–water partition coefficient (Wildman–Crippen LogP) is 1.69. The van der Waals surface area contributed by atoms with Crippen molar-refractivity contribution in [3.63, 3.8) is 0 Å². The highest BCUT2D eigenvalue weighted by atomic mass is 16.6. The van der Waals surface area contributed by atoms with Gasteiger partial charge in [-0.15, -0.1) is 0 Å². The number of nitro groups is 1. The van der Waals surface area contributed by atoms with Crippen LogP contribution in [0.4, 0.5) is 11.4 Å². The zero-order chi connectivity index (χ0) is 14.1. The first kappa shape index (κ1) is 13.1. The van der Waals surface area contributed by atoms with E-state index in [1.54, 1.807) is 12.1 Å². The number of benzene rings is 1. The van der Waals surface area contributed by atoms with Gasteiger partial charge in [-0.25, -0.2) is 0 Å². The number of nitrogens with zero attached hydrogens (tertiary/aromatic N) is 3. The molecule has 1 aliphatic heterocycles. The number of anilines is 1. The van der Waals surface area contributed by atoms with Gasteiger partial charge in [-0.3, -0.25) is 19.8 Å². The van der Waals surface area contributed by atoms with Crippen LogP contribution >= 0.6 is 0 Å². The van der Waals surface area contributed by atoms with Gasteiger partial charge in [0, 0.05) is 44.0 Å². The molecule has 6 nitrogen and oxygen atoms in total. The third kappa shape index (κ3) is 2.51. The molecule has 6 heteroatoms. The molecule has 3 rings (SSSR count). The van der Waals surface area contributed by atoms with Crippen molar-refractivity contribution in [1.29, 1.82) is 0 Å². The van der Waals surface area contributed by atoms with E-state index in [9.17, 15) is 14.9 Å². The lowest BCUT2D eigenvalue weighted by Crippen LogP contribution is -2.47. The van der Waals surface area contributed by atoms with E-state index in [2.05, 4.69) is 9.80 Å². The van der Waals surface area contributed by atoms with Crippen molar-refractivity contribution in [1.82, 2.24) is 4.90 Å². The van der Waals surface area contributed by atoms with Crippen molar-refractivity contribution < 1.29 is 9.72 Å². The highest BCUT2D eigenvalue weighted by Crippen LogP contribution is 2.29. The van der Waals surface area contributed by atoms with E-state index < -0.39 is 4.92 Å². The van der Waals surface area contributed by atoms with E-state index >= 15 is 0 Å². The van der Waals surface area contributed by atoms with Crippen LogP contribution in [0, 0.1) is 10.1 Å². The molecule has 0 radical (unpaired) electrons. The molecule has 0 spiro atoms. The molecule has 20 heavy (non-hydrogen) atoms. The smallest absolute Gasteiger partial charge is 0.280 e. The number of rotatable bonds is 4. The number of hydrogen-bond donors (Lipinski definition) is 0. The number of piperazine rings is 1. The molecule has 1 aromatic rings. The van der Waals surface area contributed by atoms with Gasteiger partial charge in [0.05, 0.1) is 10.5 Å². The largest absolute Gasteiger partial charge is 0.369 e. The van der Waals surface area contributed by atoms with Crippen molar-refractivity contribution in [2.45, 2.75) is 18.9 Å². The van der Waals surface area contributed by atoms with Crippen LogP contribution in [-0.4, -0.2) is 48.3 Å². The van der Waals surface area contributed by atoms with E-state index in [-0.39, 0.29) is 11.3 Å². The fraction of sp³-hybridized carbons (Fsp3) is 0.500. The molecule has 0 unspecified atom stereocenters. The third-order valence-electron chi connectivity index (χ3n) is 4.08. The highest BCUT2D eigenvalue weighted by molar-refractivity contribution is 5.83. The first-order valence-corrected chi connectivity index (χ1v) is 6.91. The molecule has 0 aromatic heterocycles. The maximum Gasteiger partial charge on any atom is 0.280 e. The van der Waals surface area contributed by atoms with Crippen molar-refractivity contribution in [3.8, 4) is 0 Å². The number of carbonyl (C=O) groups excluding carboxylic acids is 1. The van der Waals surface area contributed by atoms with Gasteiger partial charge >= 0.3 is 0 Å². The lowest BCUT2D eigenvalue weighted by atomic mass is 10.1. The molecular formula is C14H17N3O3. The summed E-state index contributed by atoms with van der Waals surface area (Å²) in [5.74, 6) is 0. The van der Waals surface area contributed by atoms with E-state index in [4.69, 9.17) is 0 Å². The van der Waals surface area contributed by atoms with Crippen molar-refractivity contribution in [2.24, 2.45) is 0 Å². The molecule has 0 amide bonds. The van der Waals surface area contributed by atoms with Crippen LogP contribution in [0.2, 0.25) is 0 Å². The Balaban J connectivity index is 1.74. The SMILES string of the molecule is O=Cc1cc(N2CCN(C3CC3)CC2)ccc1[N+](=O)[O-]. The zero-order valence-corrected chi connectivity index (χ0v) is 11.2. The molecule has 0 atom stereocenters. The fourth-order valence-electron chi connectivity index (χ4n) is 2.78. The summed E-state index contributed by atoms with van der Waals surface area (Å²) in [5.41, 5.74) is 0.922. The number of aldehydes is 1. The van der Waals surface area contributed by atoms with Crippen LogP contribution < -0.4 is 4.90 Å². The zero-order valence-electron chi connectivity index (χ0n) is 11.2. The first-order valence-electron chi connectivity index (χ1n) is 6.91. The lowest BCUT2D eigenvalue weighted by Gasteiger charge is -2.36. The maximum atomic E-state index is 11.0. The van der Waals surface area contributed by atoms with Gasteiger partial charge in [0.2, 0.25) is 0 Å². The van der Waals surface area contributed by atoms with E-state index in [0.29, 0.717) is 6.29 Å². The fourth-order valence-corrected chi connectivity index (χ4v) is 2.78. The van der Waals surface area contributed by atoms with Crippen LogP contribution in [0.15, 0.2) is 18.2 Å². The standard InChI is InChI=1S/C14H17N3O3/c18-10-11-9-13(3-4-14(11)17(19)20)16-7-5-15(6-8-16)12-1-2-12/h3-4,9-10,12H,1-2,5-8H2. The number of hydrogen-bond acceptors (Lipinski definition) is 5. The molecular weight excluding hydrogens is 258 g/mol. The van der Waals surface area contributed by atoms with Crippen LogP contribution in [-0.2, 0) is 0 Å². The molecule has 2 fully saturated rings. The van der Waals surface area contributed by atoms with Crippen LogP contribution in [0.5, 0.6) is 0 Å². The van der Waals surface area contributed by atoms with Gasteiger partial charge in [-0.2, -0.15) is 0 Å². The molecule has 1 saturated heterocycles.